The van der Waals surface area contributed by atoms with Crippen molar-refractivity contribution in [3.05, 3.63) is 72.7 Å². The number of fused-ring (bicyclic) bond motifs is 1. The van der Waals surface area contributed by atoms with Crippen molar-refractivity contribution < 1.29 is 0 Å². The molecule has 32 heavy (non-hydrogen) atoms. The van der Waals surface area contributed by atoms with Crippen LogP contribution in [0.5, 0.6) is 0 Å². The lowest BCUT2D eigenvalue weighted by molar-refractivity contribution is 0.221. The van der Waals surface area contributed by atoms with Crippen LogP contribution in [0, 0.1) is 0 Å². The first-order valence-electron chi connectivity index (χ1n) is 11.7. The highest BCUT2D eigenvalue weighted by atomic mass is 32.2. The molecule has 2 aromatic carbocycles. The standard InChI is InChI=1S/C27H28N4S/c1-2-13-30(14-3-1)18-20-7-9-21(10-8-20)23-16-28-27-26(17-29-31(27)19-23)22-5-4-6-25(15-22)32-24-11-12-24/h4-10,15-17,19,24H,1-3,11-14,18H2. The van der Waals surface area contributed by atoms with Crippen molar-refractivity contribution in [2.24, 2.45) is 0 Å². The number of thioether (sulfide) groups is 1. The molecule has 0 radical (unpaired) electrons. The third-order valence-corrected chi connectivity index (χ3v) is 7.80. The third kappa shape index (κ3) is 4.32. The van der Waals surface area contributed by atoms with Gasteiger partial charge < -0.3 is 0 Å². The van der Waals surface area contributed by atoms with Gasteiger partial charge in [0.2, 0.25) is 0 Å². The van der Waals surface area contributed by atoms with Gasteiger partial charge in [0, 0.05) is 40.2 Å². The smallest absolute Gasteiger partial charge is 0.162 e. The van der Waals surface area contributed by atoms with Gasteiger partial charge in [0.05, 0.1) is 6.20 Å². The Labute approximate surface area is 193 Å². The van der Waals surface area contributed by atoms with Crippen LogP contribution < -0.4 is 0 Å². The monoisotopic (exact) mass is 440 g/mol. The lowest BCUT2D eigenvalue weighted by Gasteiger charge is -2.26. The highest BCUT2D eigenvalue weighted by Gasteiger charge is 2.22. The van der Waals surface area contributed by atoms with Gasteiger partial charge in [0.1, 0.15) is 0 Å². The van der Waals surface area contributed by atoms with Gasteiger partial charge in [0.25, 0.3) is 0 Å². The Kier molecular flexibility index (Phi) is 5.45. The Balaban J connectivity index is 1.23. The molecule has 1 saturated carbocycles. The van der Waals surface area contributed by atoms with Crippen molar-refractivity contribution in [3.63, 3.8) is 0 Å². The van der Waals surface area contributed by atoms with Gasteiger partial charge in [0.15, 0.2) is 5.65 Å². The van der Waals surface area contributed by atoms with E-state index in [-0.39, 0.29) is 0 Å². The minimum absolute atomic E-state index is 0.807. The summed E-state index contributed by atoms with van der Waals surface area (Å²) >= 11 is 1.99. The van der Waals surface area contributed by atoms with Crippen LogP contribution in [0.4, 0.5) is 0 Å². The third-order valence-electron chi connectivity index (χ3n) is 6.47. The zero-order chi connectivity index (χ0) is 21.3. The molecule has 4 nitrogen and oxygen atoms in total. The summed E-state index contributed by atoms with van der Waals surface area (Å²) in [7, 11) is 0. The van der Waals surface area contributed by atoms with E-state index in [1.807, 2.05) is 28.7 Å². The van der Waals surface area contributed by atoms with Crippen LogP contribution in [-0.2, 0) is 6.54 Å². The quantitative estimate of drug-likeness (QED) is 0.352. The Morgan fingerprint density at radius 3 is 2.53 bits per heavy atom. The maximum absolute atomic E-state index is 4.80. The number of hydrogen-bond donors (Lipinski definition) is 0. The second-order valence-electron chi connectivity index (χ2n) is 9.05. The van der Waals surface area contributed by atoms with Crippen molar-refractivity contribution >= 4 is 17.4 Å². The zero-order valence-electron chi connectivity index (χ0n) is 18.3. The Hall–Kier alpha value is -2.63. The normalized spacial score (nSPS) is 17.1. The minimum atomic E-state index is 0.807. The molecule has 4 aromatic rings. The average Bonchev–Trinajstić information content (AvgIpc) is 3.55. The molecule has 0 unspecified atom stereocenters. The van der Waals surface area contributed by atoms with E-state index in [0.29, 0.717) is 0 Å². The first-order chi connectivity index (χ1) is 15.8. The molecular weight excluding hydrogens is 412 g/mol. The summed E-state index contributed by atoms with van der Waals surface area (Å²) in [5.41, 5.74) is 6.84. The van der Waals surface area contributed by atoms with Gasteiger partial charge in [-0.3, -0.25) is 4.90 Å². The van der Waals surface area contributed by atoms with Crippen molar-refractivity contribution in [3.8, 4) is 22.3 Å². The molecule has 1 aliphatic heterocycles. The van der Waals surface area contributed by atoms with Gasteiger partial charge >= 0.3 is 0 Å². The first kappa shape index (κ1) is 20.0. The summed E-state index contributed by atoms with van der Waals surface area (Å²) in [6.45, 7) is 3.51. The zero-order valence-corrected chi connectivity index (χ0v) is 19.1. The Morgan fingerprint density at radius 1 is 0.875 bits per heavy atom. The molecule has 5 heteroatoms. The van der Waals surface area contributed by atoms with E-state index in [1.54, 1.807) is 0 Å². The second kappa shape index (κ2) is 8.72. The average molecular weight is 441 g/mol. The fourth-order valence-electron chi connectivity index (χ4n) is 4.52. The fraction of sp³-hybridized carbons (Fsp3) is 0.333. The van der Waals surface area contributed by atoms with E-state index >= 15 is 0 Å². The molecule has 0 amide bonds. The number of piperidine rings is 1. The van der Waals surface area contributed by atoms with Crippen molar-refractivity contribution in [2.75, 3.05) is 13.1 Å². The molecule has 0 atom stereocenters. The predicted octanol–water partition coefficient (Wildman–Crippen LogP) is 6.30. The molecule has 1 aliphatic carbocycles. The summed E-state index contributed by atoms with van der Waals surface area (Å²) in [5, 5.41) is 5.43. The molecule has 0 N–H and O–H groups in total. The van der Waals surface area contributed by atoms with Crippen LogP contribution in [-0.4, -0.2) is 37.8 Å². The van der Waals surface area contributed by atoms with E-state index in [2.05, 4.69) is 64.7 Å². The number of aromatic nitrogens is 3. The van der Waals surface area contributed by atoms with Crippen LogP contribution in [0.15, 0.2) is 72.0 Å². The number of benzene rings is 2. The lowest BCUT2D eigenvalue weighted by Crippen LogP contribution is -2.28. The van der Waals surface area contributed by atoms with Gasteiger partial charge in [-0.1, -0.05) is 42.8 Å². The number of hydrogen-bond acceptors (Lipinski definition) is 4. The van der Waals surface area contributed by atoms with Crippen LogP contribution in [0.2, 0.25) is 0 Å². The largest absolute Gasteiger partial charge is 0.299 e. The highest BCUT2D eigenvalue weighted by Crippen LogP contribution is 2.40. The maximum Gasteiger partial charge on any atom is 0.162 e. The number of likely N-dealkylation sites (tertiary alicyclic amines) is 1. The summed E-state index contributed by atoms with van der Waals surface area (Å²) in [6, 6.07) is 17.7. The van der Waals surface area contributed by atoms with Crippen LogP contribution >= 0.6 is 11.8 Å². The van der Waals surface area contributed by atoms with E-state index < -0.39 is 0 Å². The molecule has 0 bridgehead atoms. The minimum Gasteiger partial charge on any atom is -0.299 e. The van der Waals surface area contributed by atoms with Crippen LogP contribution in [0.3, 0.4) is 0 Å². The van der Waals surface area contributed by atoms with E-state index in [9.17, 15) is 0 Å². The van der Waals surface area contributed by atoms with Gasteiger partial charge in [-0.05, 0) is 67.6 Å². The van der Waals surface area contributed by atoms with E-state index in [1.165, 1.54) is 66.8 Å². The maximum atomic E-state index is 4.80. The second-order valence-corrected chi connectivity index (χ2v) is 10.4. The molecule has 2 aromatic heterocycles. The van der Waals surface area contributed by atoms with Gasteiger partial charge in [-0.25, -0.2) is 9.50 Å². The number of rotatable bonds is 6. The molecule has 3 heterocycles. The predicted molar refractivity (Wildman–Crippen MR) is 132 cm³/mol. The molecule has 0 spiro atoms. The SMILES string of the molecule is c1cc(SC2CC2)cc(-c2cnn3cc(-c4ccc(CN5CCCCC5)cc4)cnc23)c1. The topological polar surface area (TPSA) is 33.4 Å². The molecular formula is C27H28N4S. The van der Waals surface area contributed by atoms with Gasteiger partial charge in [-0.15, -0.1) is 11.8 Å². The lowest BCUT2D eigenvalue weighted by atomic mass is 10.1. The molecule has 6 rings (SSSR count). The fourth-order valence-corrected chi connectivity index (χ4v) is 5.63. The summed E-state index contributed by atoms with van der Waals surface area (Å²) < 4.78 is 1.91. The van der Waals surface area contributed by atoms with E-state index in [4.69, 9.17) is 4.98 Å². The van der Waals surface area contributed by atoms with Crippen molar-refractivity contribution in [1.82, 2.24) is 19.5 Å². The van der Waals surface area contributed by atoms with Crippen molar-refractivity contribution in [2.45, 2.75) is 48.8 Å². The summed E-state index contributed by atoms with van der Waals surface area (Å²) in [6.07, 6.45) is 12.7. The van der Waals surface area contributed by atoms with Gasteiger partial charge in [-0.2, -0.15) is 5.10 Å². The molecule has 1 saturated heterocycles. The molecule has 162 valence electrons. The Bertz CT molecular complexity index is 1220. The molecule has 2 aliphatic rings. The molecule has 2 fully saturated rings. The summed E-state index contributed by atoms with van der Waals surface area (Å²) in [5.74, 6) is 0. The van der Waals surface area contributed by atoms with Crippen LogP contribution in [0.25, 0.3) is 27.9 Å². The Morgan fingerprint density at radius 2 is 1.72 bits per heavy atom. The summed E-state index contributed by atoms with van der Waals surface area (Å²) in [4.78, 5) is 8.70. The van der Waals surface area contributed by atoms with Crippen molar-refractivity contribution in [1.29, 1.82) is 0 Å². The van der Waals surface area contributed by atoms with E-state index in [0.717, 1.165) is 28.6 Å². The van der Waals surface area contributed by atoms with Crippen LogP contribution in [0.1, 0.15) is 37.7 Å². The first-order valence-corrected chi connectivity index (χ1v) is 12.6. The number of nitrogens with zero attached hydrogens (tertiary/aromatic N) is 4. The highest BCUT2D eigenvalue weighted by molar-refractivity contribution is 8.00.